The maximum atomic E-state index is 11.1. The van der Waals surface area contributed by atoms with Crippen molar-refractivity contribution < 1.29 is 24.2 Å². The Morgan fingerprint density at radius 2 is 1.62 bits per heavy atom. The SMILES string of the molecule is CCOC(=O)[C@H](O)CC[C@H](N)C(=O)OCC. The molecular weight excluding hydrogens is 214 g/mol. The van der Waals surface area contributed by atoms with Gasteiger partial charge in [0.1, 0.15) is 6.04 Å². The molecule has 0 aromatic heterocycles. The number of esters is 2. The third-order valence-electron chi connectivity index (χ3n) is 1.90. The van der Waals surface area contributed by atoms with E-state index >= 15 is 0 Å². The minimum Gasteiger partial charge on any atom is -0.465 e. The summed E-state index contributed by atoms with van der Waals surface area (Å²) in [7, 11) is 0. The summed E-state index contributed by atoms with van der Waals surface area (Å²) in [5, 5.41) is 9.33. The van der Waals surface area contributed by atoms with Gasteiger partial charge in [-0.2, -0.15) is 0 Å². The lowest BCUT2D eigenvalue weighted by molar-refractivity contribution is -0.154. The molecule has 0 fully saturated rings. The molecule has 0 bridgehead atoms. The molecule has 0 heterocycles. The topological polar surface area (TPSA) is 98.9 Å². The van der Waals surface area contributed by atoms with Crippen molar-refractivity contribution in [2.45, 2.75) is 38.8 Å². The van der Waals surface area contributed by atoms with Gasteiger partial charge in [0.25, 0.3) is 0 Å². The van der Waals surface area contributed by atoms with Crippen molar-refractivity contribution in [2.24, 2.45) is 5.73 Å². The van der Waals surface area contributed by atoms with Crippen molar-refractivity contribution in [1.29, 1.82) is 0 Å². The fourth-order valence-corrected chi connectivity index (χ4v) is 1.06. The van der Waals surface area contributed by atoms with Crippen molar-refractivity contribution in [2.75, 3.05) is 13.2 Å². The fourth-order valence-electron chi connectivity index (χ4n) is 1.06. The molecule has 6 heteroatoms. The third kappa shape index (κ3) is 5.67. The fraction of sp³-hybridized carbons (Fsp3) is 0.800. The van der Waals surface area contributed by atoms with E-state index in [4.69, 9.17) is 5.73 Å². The molecule has 0 rings (SSSR count). The number of hydrogen-bond acceptors (Lipinski definition) is 6. The lowest BCUT2D eigenvalue weighted by atomic mass is 10.1. The Kier molecular flexibility index (Phi) is 7.49. The summed E-state index contributed by atoms with van der Waals surface area (Å²) in [6.45, 7) is 3.79. The van der Waals surface area contributed by atoms with Gasteiger partial charge in [-0.25, -0.2) is 4.79 Å². The van der Waals surface area contributed by atoms with Gasteiger partial charge in [0.2, 0.25) is 0 Å². The maximum absolute atomic E-state index is 11.1. The molecule has 0 saturated carbocycles. The molecule has 0 aliphatic heterocycles. The molecule has 3 N–H and O–H groups in total. The normalized spacial score (nSPS) is 14.0. The Morgan fingerprint density at radius 3 is 2.12 bits per heavy atom. The van der Waals surface area contributed by atoms with Crippen LogP contribution in [-0.2, 0) is 19.1 Å². The Labute approximate surface area is 94.7 Å². The van der Waals surface area contributed by atoms with E-state index in [1.807, 2.05) is 0 Å². The van der Waals surface area contributed by atoms with Gasteiger partial charge in [-0.3, -0.25) is 4.79 Å². The second-order valence-electron chi connectivity index (χ2n) is 3.20. The maximum Gasteiger partial charge on any atom is 0.334 e. The van der Waals surface area contributed by atoms with E-state index in [1.165, 1.54) is 0 Å². The highest BCUT2D eigenvalue weighted by Gasteiger charge is 2.20. The van der Waals surface area contributed by atoms with Crippen LogP contribution < -0.4 is 5.73 Å². The summed E-state index contributed by atoms with van der Waals surface area (Å²) < 4.78 is 9.28. The first-order chi connectivity index (χ1) is 7.52. The highest BCUT2D eigenvalue weighted by atomic mass is 16.5. The van der Waals surface area contributed by atoms with Crippen molar-refractivity contribution in [3.05, 3.63) is 0 Å². The molecule has 0 spiro atoms. The van der Waals surface area contributed by atoms with Crippen molar-refractivity contribution in [1.82, 2.24) is 0 Å². The summed E-state index contributed by atoms with van der Waals surface area (Å²) in [5.74, 6) is -1.22. The van der Waals surface area contributed by atoms with Gasteiger partial charge in [0.05, 0.1) is 13.2 Å². The van der Waals surface area contributed by atoms with Gasteiger partial charge < -0.3 is 20.3 Å². The Balaban J connectivity index is 3.86. The molecule has 0 aromatic carbocycles. The molecule has 16 heavy (non-hydrogen) atoms. The standard InChI is InChI=1S/C10H19NO5/c1-3-15-9(13)7(11)5-6-8(12)10(14)16-4-2/h7-8,12H,3-6,11H2,1-2H3/t7-,8+/m0/s1. The zero-order valence-corrected chi connectivity index (χ0v) is 9.64. The van der Waals surface area contributed by atoms with Crippen LogP contribution in [0, 0.1) is 0 Å². The molecule has 0 aliphatic rings. The molecule has 0 unspecified atom stereocenters. The quantitative estimate of drug-likeness (QED) is 0.579. The zero-order chi connectivity index (χ0) is 12.6. The predicted molar refractivity (Wildman–Crippen MR) is 56.5 cm³/mol. The minimum atomic E-state index is -1.24. The molecule has 0 saturated heterocycles. The van der Waals surface area contributed by atoms with Crippen LogP contribution in [0.15, 0.2) is 0 Å². The van der Waals surface area contributed by atoms with E-state index in [0.717, 1.165) is 0 Å². The first kappa shape index (κ1) is 14.9. The second-order valence-corrected chi connectivity index (χ2v) is 3.20. The van der Waals surface area contributed by atoms with E-state index < -0.39 is 24.1 Å². The van der Waals surface area contributed by atoms with Crippen LogP contribution in [0.3, 0.4) is 0 Å². The summed E-state index contributed by atoms with van der Waals surface area (Å²) in [4.78, 5) is 22.1. The van der Waals surface area contributed by atoms with Gasteiger partial charge in [-0.15, -0.1) is 0 Å². The molecule has 0 radical (unpaired) electrons. The first-order valence-corrected chi connectivity index (χ1v) is 5.29. The lowest BCUT2D eigenvalue weighted by Crippen LogP contribution is -2.34. The molecule has 6 nitrogen and oxygen atoms in total. The summed E-state index contributed by atoms with van der Waals surface area (Å²) in [5.41, 5.74) is 5.49. The molecule has 0 amide bonds. The Morgan fingerprint density at radius 1 is 1.12 bits per heavy atom. The number of hydrogen-bond donors (Lipinski definition) is 2. The minimum absolute atomic E-state index is 0.0822. The molecule has 0 aromatic rings. The lowest BCUT2D eigenvalue weighted by Gasteiger charge is -2.13. The number of aliphatic hydroxyl groups excluding tert-OH is 1. The first-order valence-electron chi connectivity index (χ1n) is 5.29. The third-order valence-corrected chi connectivity index (χ3v) is 1.90. The van der Waals surface area contributed by atoms with Gasteiger partial charge in [-0.05, 0) is 26.7 Å². The number of nitrogens with two attached hydrogens (primary N) is 1. The van der Waals surface area contributed by atoms with Crippen LogP contribution in [0.5, 0.6) is 0 Å². The Bertz CT molecular complexity index is 207. The summed E-state index contributed by atoms with van der Waals surface area (Å²) in [6.07, 6.45) is -0.974. The molecule has 0 aliphatic carbocycles. The highest BCUT2D eigenvalue weighted by molar-refractivity contribution is 5.76. The van der Waals surface area contributed by atoms with Crippen LogP contribution in [0.4, 0.5) is 0 Å². The number of aliphatic hydroxyl groups is 1. The summed E-state index contributed by atoms with van der Waals surface area (Å²) >= 11 is 0. The van der Waals surface area contributed by atoms with E-state index in [0.29, 0.717) is 0 Å². The Hall–Kier alpha value is -1.14. The highest BCUT2D eigenvalue weighted by Crippen LogP contribution is 2.03. The molecular formula is C10H19NO5. The van der Waals surface area contributed by atoms with Crippen LogP contribution in [0.1, 0.15) is 26.7 Å². The van der Waals surface area contributed by atoms with Crippen LogP contribution in [0.2, 0.25) is 0 Å². The van der Waals surface area contributed by atoms with Crippen molar-refractivity contribution in [3.63, 3.8) is 0 Å². The largest absolute Gasteiger partial charge is 0.465 e. The average molecular weight is 233 g/mol. The number of ether oxygens (including phenoxy) is 2. The van der Waals surface area contributed by atoms with E-state index in [9.17, 15) is 14.7 Å². The number of rotatable bonds is 7. The monoisotopic (exact) mass is 233 g/mol. The van der Waals surface area contributed by atoms with Crippen molar-refractivity contribution in [3.8, 4) is 0 Å². The zero-order valence-electron chi connectivity index (χ0n) is 9.64. The van der Waals surface area contributed by atoms with Crippen LogP contribution in [-0.4, -0.2) is 42.4 Å². The van der Waals surface area contributed by atoms with Gasteiger partial charge in [0, 0.05) is 0 Å². The number of carbonyl (C=O) groups excluding carboxylic acids is 2. The van der Waals surface area contributed by atoms with Gasteiger partial charge in [0.15, 0.2) is 6.10 Å². The summed E-state index contributed by atoms with van der Waals surface area (Å²) in [6, 6.07) is -0.816. The smallest absolute Gasteiger partial charge is 0.334 e. The van der Waals surface area contributed by atoms with Gasteiger partial charge in [-0.1, -0.05) is 0 Å². The number of carbonyl (C=O) groups is 2. The van der Waals surface area contributed by atoms with E-state index in [-0.39, 0.29) is 26.1 Å². The predicted octanol–water partition coefficient (Wildman–Crippen LogP) is -0.419. The second kappa shape index (κ2) is 8.06. The average Bonchev–Trinajstić information content (AvgIpc) is 2.25. The van der Waals surface area contributed by atoms with E-state index in [2.05, 4.69) is 9.47 Å². The van der Waals surface area contributed by atoms with Crippen LogP contribution in [0.25, 0.3) is 0 Å². The molecule has 94 valence electrons. The van der Waals surface area contributed by atoms with Crippen LogP contribution >= 0.6 is 0 Å². The van der Waals surface area contributed by atoms with Crippen molar-refractivity contribution >= 4 is 11.9 Å². The molecule has 2 atom stereocenters. The van der Waals surface area contributed by atoms with E-state index in [1.54, 1.807) is 13.8 Å². The van der Waals surface area contributed by atoms with Gasteiger partial charge >= 0.3 is 11.9 Å².